The van der Waals surface area contributed by atoms with E-state index in [0.717, 1.165) is 24.3 Å². The van der Waals surface area contributed by atoms with Crippen molar-refractivity contribution in [2.45, 2.75) is 12.0 Å². The third kappa shape index (κ3) is 1.38. The predicted molar refractivity (Wildman–Crippen MR) is 54.3 cm³/mol. The molecule has 0 saturated carbocycles. The van der Waals surface area contributed by atoms with Gasteiger partial charge < -0.3 is 15.2 Å². The Bertz CT molecular complexity index is 298. The molecule has 1 saturated heterocycles. The predicted octanol–water partition coefficient (Wildman–Crippen LogP) is 1.27. The van der Waals surface area contributed by atoms with Gasteiger partial charge in [-0.25, -0.2) is 0 Å². The fourth-order valence-corrected chi connectivity index (χ4v) is 1.75. The third-order valence-corrected chi connectivity index (χ3v) is 2.83. The first-order chi connectivity index (χ1) is 6.80. The topological polar surface area (TPSA) is 44.5 Å². The van der Waals surface area contributed by atoms with Crippen molar-refractivity contribution in [1.82, 2.24) is 0 Å². The number of rotatable bonds is 3. The number of methoxy groups -OCH3 is 1. The van der Waals surface area contributed by atoms with E-state index in [-0.39, 0.29) is 5.60 Å². The molecule has 2 rings (SSSR count). The maximum atomic E-state index is 5.72. The van der Waals surface area contributed by atoms with Crippen molar-refractivity contribution in [3.8, 4) is 5.75 Å². The molecule has 0 aliphatic carbocycles. The molecular formula is C11H15NO2. The molecule has 1 heterocycles. The Morgan fingerprint density at radius 2 is 2.07 bits per heavy atom. The molecule has 3 nitrogen and oxygen atoms in total. The summed E-state index contributed by atoms with van der Waals surface area (Å²) in [5, 5.41) is 0. The van der Waals surface area contributed by atoms with E-state index < -0.39 is 0 Å². The average molecular weight is 193 g/mol. The first kappa shape index (κ1) is 9.49. The van der Waals surface area contributed by atoms with E-state index in [2.05, 4.69) is 0 Å². The lowest BCUT2D eigenvalue weighted by Crippen LogP contribution is -2.46. The van der Waals surface area contributed by atoms with Crippen LogP contribution in [0.25, 0.3) is 0 Å². The molecule has 0 radical (unpaired) electrons. The Hall–Kier alpha value is -1.06. The summed E-state index contributed by atoms with van der Waals surface area (Å²) < 4.78 is 10.7. The van der Waals surface area contributed by atoms with Crippen molar-refractivity contribution in [3.63, 3.8) is 0 Å². The normalized spacial score (nSPS) is 25.6. The maximum absolute atomic E-state index is 5.72. The summed E-state index contributed by atoms with van der Waals surface area (Å²) in [5.41, 5.74) is 6.63. The van der Waals surface area contributed by atoms with Crippen LogP contribution >= 0.6 is 0 Å². The van der Waals surface area contributed by atoms with Gasteiger partial charge in [0.2, 0.25) is 0 Å². The highest BCUT2D eigenvalue weighted by atomic mass is 16.5. The summed E-state index contributed by atoms with van der Waals surface area (Å²) >= 11 is 0. The minimum absolute atomic E-state index is 0.230. The van der Waals surface area contributed by atoms with Crippen LogP contribution in [-0.4, -0.2) is 20.3 Å². The molecule has 0 spiro atoms. The molecule has 1 aliphatic rings. The van der Waals surface area contributed by atoms with E-state index in [9.17, 15) is 0 Å². The van der Waals surface area contributed by atoms with Crippen LogP contribution in [0.4, 0.5) is 0 Å². The minimum Gasteiger partial charge on any atom is -0.497 e. The van der Waals surface area contributed by atoms with Gasteiger partial charge >= 0.3 is 0 Å². The quantitative estimate of drug-likeness (QED) is 0.786. The van der Waals surface area contributed by atoms with Crippen molar-refractivity contribution >= 4 is 0 Å². The molecule has 1 aromatic rings. The average Bonchev–Trinajstić information content (AvgIpc) is 2.18. The number of hydrogen-bond acceptors (Lipinski definition) is 3. The largest absolute Gasteiger partial charge is 0.497 e. The van der Waals surface area contributed by atoms with Crippen LogP contribution in [0, 0.1) is 0 Å². The van der Waals surface area contributed by atoms with Crippen LogP contribution in [-0.2, 0) is 10.3 Å². The van der Waals surface area contributed by atoms with Crippen LogP contribution < -0.4 is 10.5 Å². The van der Waals surface area contributed by atoms with Crippen LogP contribution in [0.3, 0.4) is 0 Å². The van der Waals surface area contributed by atoms with Gasteiger partial charge in [0, 0.05) is 13.0 Å². The molecule has 1 fully saturated rings. The van der Waals surface area contributed by atoms with E-state index in [4.69, 9.17) is 15.2 Å². The second kappa shape index (κ2) is 3.59. The first-order valence-electron chi connectivity index (χ1n) is 4.79. The molecule has 0 aromatic heterocycles. The number of hydrogen-bond donors (Lipinski definition) is 1. The van der Waals surface area contributed by atoms with Gasteiger partial charge in [-0.15, -0.1) is 0 Å². The standard InChI is InChI=1S/C11H15NO2/c1-13-10-4-2-9(3-5-10)11(8-12)6-7-14-11/h2-5H,6-8,12H2,1H3. The monoisotopic (exact) mass is 193 g/mol. The minimum atomic E-state index is -0.230. The zero-order valence-corrected chi connectivity index (χ0v) is 8.32. The zero-order chi connectivity index (χ0) is 10.0. The van der Waals surface area contributed by atoms with Gasteiger partial charge in [-0.1, -0.05) is 12.1 Å². The highest BCUT2D eigenvalue weighted by Gasteiger charge is 2.38. The maximum Gasteiger partial charge on any atom is 0.118 e. The lowest BCUT2D eigenvalue weighted by Gasteiger charge is -2.41. The van der Waals surface area contributed by atoms with Crippen molar-refractivity contribution in [2.24, 2.45) is 5.73 Å². The number of ether oxygens (including phenoxy) is 2. The van der Waals surface area contributed by atoms with Gasteiger partial charge in [-0.05, 0) is 17.7 Å². The summed E-state index contributed by atoms with van der Waals surface area (Å²) in [5.74, 6) is 0.861. The number of benzene rings is 1. The molecule has 1 unspecified atom stereocenters. The van der Waals surface area contributed by atoms with Gasteiger partial charge in [-0.2, -0.15) is 0 Å². The highest BCUT2D eigenvalue weighted by molar-refractivity contribution is 5.32. The molecular weight excluding hydrogens is 178 g/mol. The Labute approximate surface area is 83.8 Å². The summed E-state index contributed by atoms with van der Waals surface area (Å²) in [6, 6.07) is 7.92. The SMILES string of the molecule is COc1ccc(C2(CN)CCO2)cc1. The van der Waals surface area contributed by atoms with Gasteiger partial charge in [0.1, 0.15) is 11.4 Å². The van der Waals surface area contributed by atoms with E-state index in [1.54, 1.807) is 7.11 Å². The Morgan fingerprint density at radius 1 is 1.43 bits per heavy atom. The Balaban J connectivity index is 2.23. The summed E-state index contributed by atoms with van der Waals surface area (Å²) in [6.45, 7) is 1.35. The fourth-order valence-electron chi connectivity index (χ4n) is 1.75. The fraction of sp³-hybridized carbons (Fsp3) is 0.455. The van der Waals surface area contributed by atoms with Crippen molar-refractivity contribution < 1.29 is 9.47 Å². The Morgan fingerprint density at radius 3 is 2.43 bits per heavy atom. The van der Waals surface area contributed by atoms with E-state index in [1.807, 2.05) is 24.3 Å². The molecule has 14 heavy (non-hydrogen) atoms. The zero-order valence-electron chi connectivity index (χ0n) is 8.32. The molecule has 76 valence electrons. The van der Waals surface area contributed by atoms with Gasteiger partial charge in [-0.3, -0.25) is 0 Å². The second-order valence-electron chi connectivity index (χ2n) is 3.53. The number of nitrogens with two attached hydrogens (primary N) is 1. The van der Waals surface area contributed by atoms with E-state index in [1.165, 1.54) is 0 Å². The van der Waals surface area contributed by atoms with Crippen molar-refractivity contribution in [1.29, 1.82) is 0 Å². The summed E-state index contributed by atoms with van der Waals surface area (Å²) in [7, 11) is 1.66. The van der Waals surface area contributed by atoms with Gasteiger partial charge in [0.15, 0.2) is 0 Å². The van der Waals surface area contributed by atoms with E-state index in [0.29, 0.717) is 6.54 Å². The summed E-state index contributed by atoms with van der Waals surface area (Å²) in [6.07, 6.45) is 1.01. The molecule has 2 N–H and O–H groups in total. The van der Waals surface area contributed by atoms with Gasteiger partial charge in [0.25, 0.3) is 0 Å². The van der Waals surface area contributed by atoms with E-state index >= 15 is 0 Å². The third-order valence-electron chi connectivity index (χ3n) is 2.83. The van der Waals surface area contributed by atoms with Crippen molar-refractivity contribution in [2.75, 3.05) is 20.3 Å². The molecule has 1 aromatic carbocycles. The van der Waals surface area contributed by atoms with Crippen LogP contribution in [0.5, 0.6) is 5.75 Å². The van der Waals surface area contributed by atoms with Crippen LogP contribution in [0.15, 0.2) is 24.3 Å². The lowest BCUT2D eigenvalue weighted by atomic mass is 9.86. The van der Waals surface area contributed by atoms with Crippen molar-refractivity contribution in [3.05, 3.63) is 29.8 Å². The highest BCUT2D eigenvalue weighted by Crippen LogP contribution is 2.36. The molecule has 1 aliphatic heterocycles. The first-order valence-corrected chi connectivity index (χ1v) is 4.79. The van der Waals surface area contributed by atoms with Gasteiger partial charge in [0.05, 0.1) is 13.7 Å². The smallest absolute Gasteiger partial charge is 0.118 e. The lowest BCUT2D eigenvalue weighted by molar-refractivity contribution is -0.146. The molecule has 0 bridgehead atoms. The second-order valence-corrected chi connectivity index (χ2v) is 3.53. The van der Waals surface area contributed by atoms with Crippen LogP contribution in [0.2, 0.25) is 0 Å². The molecule has 3 heteroatoms. The summed E-state index contributed by atoms with van der Waals surface area (Å²) in [4.78, 5) is 0. The molecule has 1 atom stereocenters. The Kier molecular flexibility index (Phi) is 2.44. The molecule has 0 amide bonds. The van der Waals surface area contributed by atoms with Crippen LogP contribution in [0.1, 0.15) is 12.0 Å².